The van der Waals surface area contributed by atoms with Crippen LogP contribution in [0.2, 0.25) is 0 Å². The molecule has 0 aliphatic heterocycles. The molecule has 0 radical (unpaired) electrons. The number of rotatable bonds is 2. The first-order chi connectivity index (χ1) is 5.34. The van der Waals surface area contributed by atoms with Gasteiger partial charge in [-0.05, 0) is 12.1 Å². The molecule has 0 fully saturated rings. The molecular formula is C6H6NNaO3S. The van der Waals surface area contributed by atoms with Crippen molar-refractivity contribution in [3.05, 3.63) is 30.1 Å². The van der Waals surface area contributed by atoms with Crippen molar-refractivity contribution in [1.82, 2.24) is 4.98 Å². The van der Waals surface area contributed by atoms with E-state index < -0.39 is 5.97 Å². The van der Waals surface area contributed by atoms with Gasteiger partial charge in [-0.25, -0.2) is 9.78 Å². The Hall–Kier alpha value is -0.0700. The van der Waals surface area contributed by atoms with Gasteiger partial charge in [0.1, 0.15) is 0 Å². The molecule has 60 valence electrons. The van der Waals surface area contributed by atoms with Crippen LogP contribution in [0.5, 0.6) is 0 Å². The van der Waals surface area contributed by atoms with Gasteiger partial charge in [0.2, 0.25) is 0 Å². The van der Waals surface area contributed by atoms with Gasteiger partial charge < -0.3 is 1.43 Å². The van der Waals surface area contributed by atoms with Crippen LogP contribution >= 0.6 is 12.9 Å². The zero-order chi connectivity index (χ0) is 8.10. The third-order valence-electron chi connectivity index (χ3n) is 0.987. The molecule has 1 heterocycles. The molecule has 0 aromatic carbocycles. The van der Waals surface area contributed by atoms with E-state index >= 15 is 0 Å². The number of hydrogen-bond acceptors (Lipinski definition) is 5. The molecule has 0 unspecified atom stereocenters. The molecule has 0 N–H and O–H groups in total. The molecule has 1 aromatic rings. The predicted molar refractivity (Wildman–Crippen MR) is 40.8 cm³/mol. The molecule has 12 heavy (non-hydrogen) atoms. The molecule has 0 aliphatic rings. The number of carbonyl (C=O) groups excluding carboxylic acids is 1. The minimum Gasteiger partial charge on any atom is -1.00 e. The van der Waals surface area contributed by atoms with E-state index in [1.807, 2.05) is 0 Å². The average molecular weight is 195 g/mol. The number of hydrogen-bond donors (Lipinski definition) is 1. The van der Waals surface area contributed by atoms with Gasteiger partial charge in [-0.1, -0.05) is 6.07 Å². The van der Waals surface area contributed by atoms with Crippen LogP contribution in [0.4, 0.5) is 0 Å². The molecule has 0 saturated heterocycles. The molecule has 0 saturated carbocycles. The van der Waals surface area contributed by atoms with Crippen LogP contribution in [-0.2, 0) is 9.22 Å². The van der Waals surface area contributed by atoms with Crippen LogP contribution in [0.1, 0.15) is 11.9 Å². The molecule has 1 aromatic heterocycles. The molecule has 4 nitrogen and oxygen atoms in total. The smallest absolute Gasteiger partial charge is 1.00 e. The Morgan fingerprint density at radius 1 is 1.58 bits per heavy atom. The summed E-state index contributed by atoms with van der Waals surface area (Å²) >= 11 is 3.24. The maximum atomic E-state index is 10.8. The van der Waals surface area contributed by atoms with Crippen molar-refractivity contribution in [2.75, 3.05) is 0 Å². The van der Waals surface area contributed by atoms with E-state index in [2.05, 4.69) is 27.1 Å². The van der Waals surface area contributed by atoms with Crippen LogP contribution in [0.25, 0.3) is 0 Å². The zero-order valence-corrected chi connectivity index (χ0v) is 9.32. The summed E-state index contributed by atoms with van der Waals surface area (Å²) in [5, 5.41) is 0. The first-order valence-corrected chi connectivity index (χ1v) is 3.14. The molecule has 0 bridgehead atoms. The van der Waals surface area contributed by atoms with E-state index in [9.17, 15) is 4.79 Å². The van der Waals surface area contributed by atoms with E-state index in [1.54, 1.807) is 12.1 Å². The van der Waals surface area contributed by atoms with E-state index in [1.165, 1.54) is 12.3 Å². The molecular weight excluding hydrogens is 189 g/mol. The molecule has 0 spiro atoms. The largest absolute Gasteiger partial charge is 1.00 e. The van der Waals surface area contributed by atoms with Crippen LogP contribution < -0.4 is 29.6 Å². The second-order valence-electron chi connectivity index (χ2n) is 1.66. The number of thiol groups is 1. The van der Waals surface area contributed by atoms with Crippen molar-refractivity contribution in [2.45, 2.75) is 0 Å². The second-order valence-corrected chi connectivity index (χ2v) is 1.81. The molecule has 6 heteroatoms. The van der Waals surface area contributed by atoms with Gasteiger partial charge in [0.15, 0.2) is 5.69 Å². The van der Waals surface area contributed by atoms with E-state index in [0.29, 0.717) is 0 Å². The molecule has 0 amide bonds. The van der Waals surface area contributed by atoms with Crippen LogP contribution in [-0.4, -0.2) is 11.0 Å². The third-order valence-corrected chi connectivity index (χ3v) is 1.06. The average Bonchev–Trinajstić information content (AvgIpc) is 2.07. The van der Waals surface area contributed by atoms with Gasteiger partial charge in [-0.15, -0.1) is 4.33 Å². The number of pyridine rings is 1. The quantitative estimate of drug-likeness (QED) is 0.197. The minimum absolute atomic E-state index is 0. The van der Waals surface area contributed by atoms with Gasteiger partial charge in [0, 0.05) is 19.1 Å². The zero-order valence-electron chi connectivity index (χ0n) is 7.43. The van der Waals surface area contributed by atoms with E-state index in [0.717, 1.165) is 0 Å². The van der Waals surface area contributed by atoms with Crippen molar-refractivity contribution < 1.29 is 45.0 Å². The van der Waals surface area contributed by atoms with Gasteiger partial charge in [0.05, 0.1) is 0 Å². The van der Waals surface area contributed by atoms with Gasteiger partial charge in [-0.2, -0.15) is 0 Å². The summed E-state index contributed by atoms with van der Waals surface area (Å²) in [6, 6.07) is 4.87. The van der Waals surface area contributed by atoms with Gasteiger partial charge in [-0.3, -0.25) is 4.89 Å². The van der Waals surface area contributed by atoms with E-state index in [-0.39, 0.29) is 36.7 Å². The summed E-state index contributed by atoms with van der Waals surface area (Å²) in [5.74, 6) is -0.666. The first-order valence-electron chi connectivity index (χ1n) is 2.78. The predicted octanol–water partition coefficient (Wildman–Crippen LogP) is -1.87. The van der Waals surface area contributed by atoms with Crippen molar-refractivity contribution in [3.8, 4) is 0 Å². The molecule has 1 rings (SSSR count). The Morgan fingerprint density at radius 2 is 2.33 bits per heavy atom. The summed E-state index contributed by atoms with van der Waals surface area (Å²) in [6.45, 7) is 0. The van der Waals surface area contributed by atoms with Crippen molar-refractivity contribution in [1.29, 1.82) is 0 Å². The Bertz CT molecular complexity index is 249. The summed E-state index contributed by atoms with van der Waals surface area (Å²) in [6.07, 6.45) is 1.48. The number of carbonyl (C=O) groups is 1. The van der Waals surface area contributed by atoms with Crippen molar-refractivity contribution in [2.24, 2.45) is 0 Å². The number of nitrogens with zero attached hydrogens (tertiary/aromatic N) is 1. The number of aromatic nitrogens is 1. The third kappa shape index (κ3) is 3.55. The summed E-state index contributed by atoms with van der Waals surface area (Å²) in [7, 11) is 0. The monoisotopic (exact) mass is 195 g/mol. The normalized spacial score (nSPS) is 8.42. The fourth-order valence-electron chi connectivity index (χ4n) is 0.560. The molecule has 0 aliphatic carbocycles. The van der Waals surface area contributed by atoms with Gasteiger partial charge in [0.25, 0.3) is 0 Å². The Kier molecular flexibility index (Phi) is 6.41. The first kappa shape index (κ1) is 11.9. The second kappa shape index (κ2) is 6.45. The summed E-state index contributed by atoms with van der Waals surface area (Å²) in [5.41, 5.74) is 0.182. The van der Waals surface area contributed by atoms with E-state index in [4.69, 9.17) is 0 Å². The van der Waals surface area contributed by atoms with Crippen molar-refractivity contribution >= 4 is 18.9 Å². The topological polar surface area (TPSA) is 48.4 Å². The van der Waals surface area contributed by atoms with Crippen molar-refractivity contribution in [3.63, 3.8) is 0 Å². The Labute approximate surface area is 98.6 Å². The summed E-state index contributed by atoms with van der Waals surface area (Å²) in [4.78, 5) is 18.6. The molecule has 0 atom stereocenters. The minimum atomic E-state index is -0.666. The fourth-order valence-corrected chi connectivity index (χ4v) is 0.628. The summed E-state index contributed by atoms with van der Waals surface area (Å²) < 4.78 is 3.86. The van der Waals surface area contributed by atoms with Gasteiger partial charge >= 0.3 is 35.5 Å². The van der Waals surface area contributed by atoms with Crippen LogP contribution in [0.15, 0.2) is 24.4 Å². The fraction of sp³-hybridized carbons (Fsp3) is 0. The maximum Gasteiger partial charge on any atom is 1.00 e. The SMILES string of the molecule is O=C(OOS)c1ccccn1.[H-].[Na+]. The Morgan fingerprint density at radius 3 is 2.83 bits per heavy atom. The Balaban J connectivity index is 0. The van der Waals surface area contributed by atoms with Crippen LogP contribution in [0, 0.1) is 0 Å². The maximum absolute atomic E-state index is 10.8. The standard InChI is InChI=1S/C6H5NO3S.Na.H/c8-6(9-10-11)5-3-1-2-4-7-5;;/h1-4,11H;;/q;+1;-1. The van der Waals surface area contributed by atoms with Crippen LogP contribution in [0.3, 0.4) is 0 Å².